The van der Waals surface area contributed by atoms with Crippen molar-refractivity contribution in [1.82, 2.24) is 5.32 Å². The van der Waals surface area contributed by atoms with E-state index in [1.165, 1.54) is 0 Å². The standard InChI is InChI=1S/C14H18IN3O/c1-10(2)14(3,9-16)18-13(19)8-17-12-6-4-5-11(15)7-12/h4-7,10,17H,8H2,1-3H3,(H,18,19)/t14-/m1/s1. The van der Waals surface area contributed by atoms with Crippen molar-refractivity contribution < 1.29 is 4.79 Å². The maximum absolute atomic E-state index is 11.9. The fourth-order valence-corrected chi connectivity index (χ4v) is 1.96. The molecule has 0 radical (unpaired) electrons. The molecule has 0 saturated heterocycles. The van der Waals surface area contributed by atoms with Gasteiger partial charge in [-0.15, -0.1) is 0 Å². The largest absolute Gasteiger partial charge is 0.376 e. The molecule has 0 aromatic heterocycles. The van der Waals surface area contributed by atoms with Crippen molar-refractivity contribution in [1.29, 1.82) is 5.26 Å². The first-order valence-electron chi connectivity index (χ1n) is 6.09. The number of hydrogen-bond acceptors (Lipinski definition) is 3. The molecule has 19 heavy (non-hydrogen) atoms. The van der Waals surface area contributed by atoms with Gasteiger partial charge in [0.2, 0.25) is 5.91 Å². The first-order valence-corrected chi connectivity index (χ1v) is 7.17. The van der Waals surface area contributed by atoms with E-state index in [0.29, 0.717) is 0 Å². The highest BCUT2D eigenvalue weighted by Crippen LogP contribution is 2.15. The van der Waals surface area contributed by atoms with Crippen molar-refractivity contribution in [2.45, 2.75) is 26.3 Å². The van der Waals surface area contributed by atoms with Crippen molar-refractivity contribution in [2.24, 2.45) is 5.92 Å². The molecule has 0 unspecified atom stereocenters. The van der Waals surface area contributed by atoms with Crippen LogP contribution < -0.4 is 10.6 Å². The monoisotopic (exact) mass is 371 g/mol. The molecule has 2 N–H and O–H groups in total. The molecule has 0 aliphatic rings. The molecule has 0 fully saturated rings. The Morgan fingerprint density at radius 3 is 2.74 bits per heavy atom. The number of carbonyl (C=O) groups excluding carboxylic acids is 1. The number of carbonyl (C=O) groups is 1. The summed E-state index contributed by atoms with van der Waals surface area (Å²) in [6, 6.07) is 9.93. The summed E-state index contributed by atoms with van der Waals surface area (Å²) in [5.41, 5.74) is 0.0643. The second-order valence-corrected chi connectivity index (χ2v) is 6.13. The number of nitrogens with one attached hydrogen (secondary N) is 2. The Balaban J connectivity index is 2.55. The lowest BCUT2D eigenvalue weighted by atomic mass is 9.90. The van der Waals surface area contributed by atoms with Gasteiger partial charge < -0.3 is 10.6 Å². The number of amides is 1. The highest BCUT2D eigenvalue weighted by Gasteiger charge is 2.29. The van der Waals surface area contributed by atoms with E-state index in [-0.39, 0.29) is 18.4 Å². The SMILES string of the molecule is CC(C)[C@@](C)(C#N)NC(=O)CNc1cccc(I)c1. The second-order valence-electron chi connectivity index (χ2n) is 4.88. The van der Waals surface area contributed by atoms with Crippen molar-refractivity contribution in [2.75, 3.05) is 11.9 Å². The van der Waals surface area contributed by atoms with Gasteiger partial charge in [0.05, 0.1) is 12.6 Å². The third-order valence-electron chi connectivity index (χ3n) is 3.06. The average Bonchev–Trinajstić information content (AvgIpc) is 2.36. The summed E-state index contributed by atoms with van der Waals surface area (Å²) in [7, 11) is 0. The van der Waals surface area contributed by atoms with Gasteiger partial charge in [-0.3, -0.25) is 4.79 Å². The minimum Gasteiger partial charge on any atom is -0.376 e. The van der Waals surface area contributed by atoms with Crippen LogP contribution in [0.15, 0.2) is 24.3 Å². The summed E-state index contributed by atoms with van der Waals surface area (Å²) in [6.45, 7) is 5.72. The van der Waals surface area contributed by atoms with Gasteiger partial charge in [-0.1, -0.05) is 19.9 Å². The summed E-state index contributed by atoms with van der Waals surface area (Å²) >= 11 is 2.22. The summed E-state index contributed by atoms with van der Waals surface area (Å²) in [5.74, 6) is -0.129. The van der Waals surface area contributed by atoms with Crippen molar-refractivity contribution >= 4 is 34.2 Å². The minimum absolute atomic E-state index is 0.0547. The minimum atomic E-state index is -0.829. The zero-order valence-electron chi connectivity index (χ0n) is 11.3. The number of nitriles is 1. The van der Waals surface area contributed by atoms with Gasteiger partial charge in [-0.05, 0) is 53.6 Å². The van der Waals surface area contributed by atoms with E-state index in [2.05, 4.69) is 39.3 Å². The Morgan fingerprint density at radius 1 is 1.53 bits per heavy atom. The summed E-state index contributed by atoms with van der Waals surface area (Å²) in [5, 5.41) is 14.9. The molecule has 0 saturated carbocycles. The van der Waals surface area contributed by atoms with E-state index in [0.717, 1.165) is 9.26 Å². The van der Waals surface area contributed by atoms with E-state index in [1.54, 1.807) is 6.92 Å². The topological polar surface area (TPSA) is 64.9 Å². The molecular weight excluding hydrogens is 353 g/mol. The van der Waals surface area contributed by atoms with Gasteiger partial charge in [-0.25, -0.2) is 0 Å². The van der Waals surface area contributed by atoms with E-state index < -0.39 is 5.54 Å². The van der Waals surface area contributed by atoms with Crippen LogP contribution in [0.3, 0.4) is 0 Å². The molecule has 0 bridgehead atoms. The molecule has 1 atom stereocenters. The summed E-state index contributed by atoms with van der Waals surface area (Å²) in [6.07, 6.45) is 0. The average molecular weight is 371 g/mol. The maximum atomic E-state index is 11.9. The van der Waals surface area contributed by atoms with Crippen LogP contribution in [0.2, 0.25) is 0 Å². The molecule has 1 rings (SSSR count). The molecule has 0 spiro atoms. The summed E-state index contributed by atoms with van der Waals surface area (Å²) < 4.78 is 1.10. The maximum Gasteiger partial charge on any atom is 0.240 e. The van der Waals surface area contributed by atoms with E-state index in [4.69, 9.17) is 5.26 Å². The molecule has 0 heterocycles. The van der Waals surface area contributed by atoms with Crippen molar-refractivity contribution in [3.05, 3.63) is 27.8 Å². The summed E-state index contributed by atoms with van der Waals surface area (Å²) in [4.78, 5) is 11.9. The molecule has 102 valence electrons. The van der Waals surface area contributed by atoms with Crippen LogP contribution in [-0.4, -0.2) is 18.0 Å². The Kier molecular flexibility index (Phi) is 5.60. The third kappa shape index (κ3) is 4.71. The van der Waals surface area contributed by atoms with Crippen LogP contribution in [0.25, 0.3) is 0 Å². The molecule has 5 heteroatoms. The number of anilines is 1. The van der Waals surface area contributed by atoms with Crippen LogP contribution in [0.1, 0.15) is 20.8 Å². The zero-order chi connectivity index (χ0) is 14.5. The predicted octanol–water partition coefficient (Wildman–Crippen LogP) is 2.76. The first kappa shape index (κ1) is 15.8. The molecule has 4 nitrogen and oxygen atoms in total. The van der Waals surface area contributed by atoms with E-state index >= 15 is 0 Å². The lowest BCUT2D eigenvalue weighted by molar-refractivity contribution is -0.121. The van der Waals surface area contributed by atoms with E-state index in [9.17, 15) is 4.79 Å². The second kappa shape index (κ2) is 6.75. The molecule has 0 aliphatic carbocycles. The van der Waals surface area contributed by atoms with Crippen LogP contribution in [0, 0.1) is 20.8 Å². The lowest BCUT2D eigenvalue weighted by Gasteiger charge is -2.27. The van der Waals surface area contributed by atoms with Gasteiger partial charge in [0.15, 0.2) is 0 Å². The van der Waals surface area contributed by atoms with Gasteiger partial charge in [-0.2, -0.15) is 5.26 Å². The molecule has 1 amide bonds. The number of nitrogens with zero attached hydrogens (tertiary/aromatic N) is 1. The number of hydrogen-bond donors (Lipinski definition) is 2. The Labute approximate surface area is 127 Å². The van der Waals surface area contributed by atoms with Crippen LogP contribution >= 0.6 is 22.6 Å². The Morgan fingerprint density at radius 2 is 2.21 bits per heavy atom. The fraction of sp³-hybridized carbons (Fsp3) is 0.429. The Bertz CT molecular complexity index is 496. The zero-order valence-corrected chi connectivity index (χ0v) is 13.5. The Hall–Kier alpha value is -1.29. The smallest absolute Gasteiger partial charge is 0.240 e. The quantitative estimate of drug-likeness (QED) is 0.783. The van der Waals surface area contributed by atoms with Gasteiger partial charge >= 0.3 is 0 Å². The fourth-order valence-electron chi connectivity index (χ4n) is 1.42. The van der Waals surface area contributed by atoms with Crippen LogP contribution in [0.4, 0.5) is 5.69 Å². The number of halogens is 1. The van der Waals surface area contributed by atoms with Crippen molar-refractivity contribution in [3.63, 3.8) is 0 Å². The number of benzene rings is 1. The van der Waals surface area contributed by atoms with Crippen LogP contribution in [0.5, 0.6) is 0 Å². The molecular formula is C14H18IN3O. The normalized spacial score (nSPS) is 13.5. The highest BCUT2D eigenvalue weighted by atomic mass is 127. The number of rotatable bonds is 5. The van der Waals surface area contributed by atoms with E-state index in [1.807, 2.05) is 38.1 Å². The van der Waals surface area contributed by atoms with Gasteiger partial charge in [0, 0.05) is 9.26 Å². The van der Waals surface area contributed by atoms with Crippen molar-refractivity contribution in [3.8, 4) is 6.07 Å². The first-order chi connectivity index (χ1) is 8.87. The lowest BCUT2D eigenvalue weighted by Crippen LogP contribution is -2.50. The predicted molar refractivity (Wildman–Crippen MR) is 84.6 cm³/mol. The molecule has 1 aromatic rings. The van der Waals surface area contributed by atoms with Gasteiger partial charge in [0.25, 0.3) is 0 Å². The highest BCUT2D eigenvalue weighted by molar-refractivity contribution is 14.1. The van der Waals surface area contributed by atoms with Crippen LogP contribution in [-0.2, 0) is 4.79 Å². The molecule has 0 aliphatic heterocycles. The molecule has 1 aromatic carbocycles. The third-order valence-corrected chi connectivity index (χ3v) is 3.73. The van der Waals surface area contributed by atoms with Gasteiger partial charge in [0.1, 0.15) is 5.54 Å².